The Bertz CT molecular complexity index is 921. The lowest BCUT2D eigenvalue weighted by Gasteiger charge is -2.07. The number of carbonyl (C=O) groups is 1. The molecule has 0 fully saturated rings. The molecular formula is C16H15FN6O. The van der Waals surface area contributed by atoms with Crippen LogP contribution in [0.25, 0.3) is 11.3 Å². The van der Waals surface area contributed by atoms with Gasteiger partial charge in [-0.15, -0.1) is 0 Å². The quantitative estimate of drug-likeness (QED) is 0.733. The average Bonchev–Trinajstić information content (AvgIpc) is 2.93. The molecule has 0 aliphatic rings. The van der Waals surface area contributed by atoms with Crippen LogP contribution in [0.1, 0.15) is 21.9 Å². The maximum absolute atomic E-state index is 13.8. The Labute approximate surface area is 137 Å². The summed E-state index contributed by atoms with van der Waals surface area (Å²) in [5.41, 5.74) is 7.28. The van der Waals surface area contributed by atoms with Crippen molar-refractivity contribution in [2.24, 2.45) is 7.05 Å². The molecule has 3 heterocycles. The van der Waals surface area contributed by atoms with Gasteiger partial charge in [0, 0.05) is 30.8 Å². The molecule has 3 rings (SSSR count). The van der Waals surface area contributed by atoms with Gasteiger partial charge >= 0.3 is 0 Å². The third kappa shape index (κ3) is 2.98. The number of aryl methyl sites for hydroxylation is 2. The summed E-state index contributed by atoms with van der Waals surface area (Å²) in [4.78, 5) is 24.7. The summed E-state index contributed by atoms with van der Waals surface area (Å²) in [6, 6.07) is 3.06. The summed E-state index contributed by atoms with van der Waals surface area (Å²) in [7, 11) is 1.65. The van der Waals surface area contributed by atoms with Gasteiger partial charge in [0.25, 0.3) is 0 Å². The SMILES string of the molecule is Cc1nccc(-c2cnn(C)c2C(=O)Cc2cc(N)ncc2F)n1. The van der Waals surface area contributed by atoms with Gasteiger partial charge in [0.05, 0.1) is 18.1 Å². The number of halogens is 1. The van der Waals surface area contributed by atoms with Gasteiger partial charge in [0.1, 0.15) is 23.2 Å². The lowest BCUT2D eigenvalue weighted by atomic mass is 10.0. The zero-order valence-electron chi connectivity index (χ0n) is 13.2. The van der Waals surface area contributed by atoms with Gasteiger partial charge in [-0.3, -0.25) is 9.48 Å². The van der Waals surface area contributed by atoms with Crippen molar-refractivity contribution < 1.29 is 9.18 Å². The second-order valence-corrected chi connectivity index (χ2v) is 5.32. The number of nitrogen functional groups attached to an aromatic ring is 1. The molecule has 0 aliphatic carbocycles. The lowest BCUT2D eigenvalue weighted by molar-refractivity contribution is 0.0983. The summed E-state index contributed by atoms with van der Waals surface area (Å²) in [6.07, 6.45) is 4.04. The van der Waals surface area contributed by atoms with Crippen molar-refractivity contribution >= 4 is 11.6 Å². The molecule has 0 aromatic carbocycles. The second kappa shape index (κ2) is 6.15. The minimum atomic E-state index is -0.570. The fourth-order valence-electron chi connectivity index (χ4n) is 2.45. The number of nitrogens with zero attached hydrogens (tertiary/aromatic N) is 5. The normalized spacial score (nSPS) is 10.8. The number of nitrogens with two attached hydrogens (primary N) is 1. The Balaban J connectivity index is 1.99. The molecule has 0 aliphatic heterocycles. The van der Waals surface area contributed by atoms with Crippen LogP contribution >= 0.6 is 0 Å². The van der Waals surface area contributed by atoms with Crippen molar-refractivity contribution in [3.63, 3.8) is 0 Å². The molecular weight excluding hydrogens is 311 g/mol. The Morgan fingerprint density at radius 2 is 2.12 bits per heavy atom. The van der Waals surface area contributed by atoms with Crippen molar-refractivity contribution in [1.29, 1.82) is 0 Å². The molecule has 0 bridgehead atoms. The molecule has 0 spiro atoms. The van der Waals surface area contributed by atoms with Crippen molar-refractivity contribution in [2.45, 2.75) is 13.3 Å². The monoisotopic (exact) mass is 326 g/mol. The predicted octanol–water partition coefficient (Wildman–Crippen LogP) is 1.73. The van der Waals surface area contributed by atoms with Crippen molar-refractivity contribution in [3.05, 3.63) is 53.6 Å². The highest BCUT2D eigenvalue weighted by molar-refractivity contribution is 6.01. The molecule has 3 aromatic heterocycles. The van der Waals surface area contributed by atoms with Gasteiger partial charge in [-0.05, 0) is 19.1 Å². The zero-order valence-corrected chi connectivity index (χ0v) is 13.2. The first kappa shape index (κ1) is 15.7. The minimum Gasteiger partial charge on any atom is -0.384 e. The van der Waals surface area contributed by atoms with E-state index in [9.17, 15) is 9.18 Å². The van der Waals surface area contributed by atoms with Crippen molar-refractivity contribution in [3.8, 4) is 11.3 Å². The fraction of sp³-hybridized carbons (Fsp3) is 0.188. The van der Waals surface area contributed by atoms with Gasteiger partial charge in [-0.1, -0.05) is 0 Å². The van der Waals surface area contributed by atoms with Crippen molar-refractivity contribution in [2.75, 3.05) is 5.73 Å². The zero-order chi connectivity index (χ0) is 17.3. The number of hydrogen-bond donors (Lipinski definition) is 1. The van der Waals surface area contributed by atoms with E-state index in [-0.39, 0.29) is 23.6 Å². The first-order valence-corrected chi connectivity index (χ1v) is 7.21. The van der Waals surface area contributed by atoms with E-state index in [1.807, 2.05) is 0 Å². The van der Waals surface area contributed by atoms with E-state index in [0.717, 1.165) is 6.20 Å². The smallest absolute Gasteiger partial charge is 0.186 e. The number of pyridine rings is 1. The predicted molar refractivity (Wildman–Crippen MR) is 85.6 cm³/mol. The molecule has 2 N–H and O–H groups in total. The summed E-state index contributed by atoms with van der Waals surface area (Å²) in [5, 5.41) is 4.13. The van der Waals surface area contributed by atoms with Gasteiger partial charge in [-0.25, -0.2) is 19.3 Å². The third-order valence-electron chi connectivity index (χ3n) is 3.56. The maximum Gasteiger partial charge on any atom is 0.186 e. The van der Waals surface area contributed by atoms with Crippen LogP contribution in [-0.4, -0.2) is 30.5 Å². The largest absolute Gasteiger partial charge is 0.384 e. The Morgan fingerprint density at radius 3 is 2.88 bits per heavy atom. The van der Waals surface area contributed by atoms with E-state index in [2.05, 4.69) is 20.1 Å². The first-order chi connectivity index (χ1) is 11.5. The molecule has 3 aromatic rings. The molecule has 24 heavy (non-hydrogen) atoms. The van der Waals surface area contributed by atoms with Crippen LogP contribution in [0.2, 0.25) is 0 Å². The van der Waals surface area contributed by atoms with Crippen LogP contribution in [-0.2, 0) is 13.5 Å². The minimum absolute atomic E-state index is 0.144. The van der Waals surface area contributed by atoms with Crippen LogP contribution in [0.4, 0.5) is 10.2 Å². The summed E-state index contributed by atoms with van der Waals surface area (Å²) in [5.74, 6) is -0.108. The number of anilines is 1. The number of aromatic nitrogens is 5. The highest BCUT2D eigenvalue weighted by atomic mass is 19.1. The van der Waals surface area contributed by atoms with Crippen LogP contribution in [0, 0.1) is 12.7 Å². The van der Waals surface area contributed by atoms with E-state index < -0.39 is 5.82 Å². The fourth-order valence-corrected chi connectivity index (χ4v) is 2.45. The number of ketones is 1. The number of rotatable bonds is 4. The number of Topliss-reactive ketones (excluding diaryl/α,β-unsaturated/α-hetero) is 1. The molecule has 0 unspecified atom stereocenters. The Kier molecular flexibility index (Phi) is 4.03. The van der Waals surface area contributed by atoms with Crippen LogP contribution in [0.5, 0.6) is 0 Å². The van der Waals surface area contributed by atoms with E-state index in [1.165, 1.54) is 10.7 Å². The van der Waals surface area contributed by atoms with Crippen LogP contribution in [0.15, 0.2) is 30.7 Å². The molecule has 0 saturated carbocycles. The average molecular weight is 326 g/mol. The summed E-state index contributed by atoms with van der Waals surface area (Å²) < 4.78 is 15.3. The Hall–Kier alpha value is -3.16. The third-order valence-corrected chi connectivity index (χ3v) is 3.56. The molecule has 122 valence electrons. The summed E-state index contributed by atoms with van der Waals surface area (Å²) >= 11 is 0. The standard InChI is InChI=1S/C16H15FN6O/c1-9-19-4-3-13(22-9)11-7-21-23(2)16(11)14(24)5-10-6-15(18)20-8-12(10)17/h3-4,6-8H,5H2,1-2H3,(H2,18,20). The highest BCUT2D eigenvalue weighted by Gasteiger charge is 2.21. The topological polar surface area (TPSA) is 99.6 Å². The van der Waals surface area contributed by atoms with E-state index in [0.29, 0.717) is 22.8 Å². The molecule has 0 radical (unpaired) electrons. The Morgan fingerprint density at radius 1 is 1.33 bits per heavy atom. The van der Waals surface area contributed by atoms with E-state index in [1.54, 1.807) is 32.4 Å². The van der Waals surface area contributed by atoms with Gasteiger partial charge < -0.3 is 5.73 Å². The first-order valence-electron chi connectivity index (χ1n) is 7.21. The maximum atomic E-state index is 13.8. The molecule has 7 nitrogen and oxygen atoms in total. The van der Waals surface area contributed by atoms with Gasteiger partial charge in [0.15, 0.2) is 5.78 Å². The van der Waals surface area contributed by atoms with Gasteiger partial charge in [-0.2, -0.15) is 5.10 Å². The van der Waals surface area contributed by atoms with Gasteiger partial charge in [0.2, 0.25) is 0 Å². The second-order valence-electron chi connectivity index (χ2n) is 5.32. The molecule has 0 atom stereocenters. The van der Waals surface area contributed by atoms with Crippen LogP contribution < -0.4 is 5.73 Å². The molecule has 8 heteroatoms. The number of hydrogen-bond acceptors (Lipinski definition) is 6. The summed E-state index contributed by atoms with van der Waals surface area (Å²) in [6.45, 7) is 1.76. The lowest BCUT2D eigenvalue weighted by Crippen LogP contribution is -2.12. The number of carbonyl (C=O) groups excluding carboxylic acids is 1. The molecule has 0 saturated heterocycles. The van der Waals surface area contributed by atoms with Crippen molar-refractivity contribution in [1.82, 2.24) is 24.7 Å². The van der Waals surface area contributed by atoms with E-state index in [4.69, 9.17) is 5.73 Å². The highest BCUT2D eigenvalue weighted by Crippen LogP contribution is 2.23. The van der Waals surface area contributed by atoms with Crippen LogP contribution in [0.3, 0.4) is 0 Å². The molecule has 0 amide bonds. The van der Waals surface area contributed by atoms with E-state index >= 15 is 0 Å².